The summed E-state index contributed by atoms with van der Waals surface area (Å²) in [7, 11) is 0. The molecule has 0 spiro atoms. The minimum absolute atomic E-state index is 0.180. The first kappa shape index (κ1) is 22.2. The number of rotatable bonds is 3. The highest BCUT2D eigenvalue weighted by Gasteiger charge is 2.42. The van der Waals surface area contributed by atoms with Gasteiger partial charge in [0.15, 0.2) is 0 Å². The molecule has 2 aromatic heterocycles. The van der Waals surface area contributed by atoms with Crippen LogP contribution in [0.3, 0.4) is 0 Å². The molecule has 0 bridgehead atoms. The van der Waals surface area contributed by atoms with Crippen LogP contribution in [0, 0.1) is 6.92 Å². The van der Waals surface area contributed by atoms with Crippen molar-refractivity contribution in [1.29, 1.82) is 0 Å². The molecular formula is C24H23F3N4O3. The first-order chi connectivity index (χ1) is 15.9. The highest BCUT2D eigenvalue weighted by molar-refractivity contribution is 5.93. The van der Waals surface area contributed by atoms with Crippen LogP contribution < -0.4 is 10.3 Å². The fourth-order valence-electron chi connectivity index (χ4n) is 4.77. The first-order valence-corrected chi connectivity index (χ1v) is 10.9. The molecule has 2 unspecified atom stereocenters. The smallest absolute Gasteiger partial charge is 0.416 e. The third-order valence-electron chi connectivity index (χ3n) is 6.42. The number of aryl methyl sites for hydroxylation is 1. The van der Waals surface area contributed by atoms with Gasteiger partial charge in [-0.25, -0.2) is 4.98 Å². The number of halogens is 3. The molecule has 0 saturated heterocycles. The monoisotopic (exact) mass is 472 g/mol. The van der Waals surface area contributed by atoms with Crippen LogP contribution in [0.25, 0.3) is 5.69 Å². The number of carbonyl (C=O) groups excluding carboxylic acids is 1. The molecule has 1 aromatic carbocycles. The van der Waals surface area contributed by atoms with Gasteiger partial charge in [-0.15, -0.1) is 0 Å². The van der Waals surface area contributed by atoms with Gasteiger partial charge in [0, 0.05) is 25.2 Å². The molecule has 4 heterocycles. The lowest BCUT2D eigenvalue weighted by Crippen LogP contribution is -2.55. The Labute approximate surface area is 193 Å². The summed E-state index contributed by atoms with van der Waals surface area (Å²) in [5, 5.41) is 0. The van der Waals surface area contributed by atoms with Crippen molar-refractivity contribution in [3.05, 3.63) is 75.7 Å². The number of benzene rings is 1. The van der Waals surface area contributed by atoms with Gasteiger partial charge in [0.25, 0.3) is 11.5 Å². The second-order valence-corrected chi connectivity index (χ2v) is 9.27. The molecule has 0 aliphatic carbocycles. The Morgan fingerprint density at radius 2 is 1.97 bits per heavy atom. The Bertz CT molecular complexity index is 1360. The van der Waals surface area contributed by atoms with E-state index in [1.807, 2.05) is 13.8 Å². The van der Waals surface area contributed by atoms with Crippen molar-refractivity contribution in [3.63, 3.8) is 0 Å². The molecular weight excluding hydrogens is 449 g/mol. The van der Waals surface area contributed by atoms with Gasteiger partial charge in [-0.3, -0.25) is 9.59 Å². The Kier molecular flexibility index (Phi) is 4.89. The lowest BCUT2D eigenvalue weighted by Gasteiger charge is -2.39. The summed E-state index contributed by atoms with van der Waals surface area (Å²) in [6.45, 7) is 5.92. The molecule has 3 aromatic rings. The minimum atomic E-state index is -4.43. The molecule has 34 heavy (non-hydrogen) atoms. The number of pyridine rings is 1. The first-order valence-electron chi connectivity index (χ1n) is 10.9. The molecule has 2 aliphatic rings. The molecule has 0 N–H and O–H groups in total. The van der Waals surface area contributed by atoms with E-state index < -0.39 is 17.3 Å². The van der Waals surface area contributed by atoms with Gasteiger partial charge in [0.05, 0.1) is 24.1 Å². The molecule has 2 aliphatic heterocycles. The molecule has 178 valence electrons. The van der Waals surface area contributed by atoms with Crippen LogP contribution in [-0.2, 0) is 19.1 Å². The molecule has 2 atom stereocenters. The van der Waals surface area contributed by atoms with E-state index in [0.717, 1.165) is 17.8 Å². The zero-order valence-corrected chi connectivity index (χ0v) is 18.9. The summed E-state index contributed by atoms with van der Waals surface area (Å²) in [5.41, 5.74) is 0.00999. The van der Waals surface area contributed by atoms with Crippen LogP contribution in [-0.4, -0.2) is 43.1 Å². The van der Waals surface area contributed by atoms with Crippen molar-refractivity contribution in [3.8, 4) is 11.4 Å². The Morgan fingerprint density at radius 1 is 1.21 bits per heavy atom. The van der Waals surface area contributed by atoms with Crippen LogP contribution in [0.5, 0.6) is 5.75 Å². The molecule has 7 nitrogen and oxygen atoms in total. The van der Waals surface area contributed by atoms with Crippen LogP contribution in [0.1, 0.15) is 41.2 Å². The molecule has 0 saturated carbocycles. The standard InChI is InChI=1S/C24H23F3N4O3/c1-14-10-29(13-28-14)18-5-6-19-22(33)31(15(2)11-30(19)21(18)32)12-23(3)9-16-8-17(24(25,26)27)4-7-20(16)34-23/h4-8,10,13,15H,9,11-12H2,1-3H3. The molecule has 5 rings (SSSR count). The summed E-state index contributed by atoms with van der Waals surface area (Å²) in [6.07, 6.45) is -0.894. The zero-order valence-electron chi connectivity index (χ0n) is 18.9. The summed E-state index contributed by atoms with van der Waals surface area (Å²) in [5.74, 6) is 0.0745. The van der Waals surface area contributed by atoms with Crippen molar-refractivity contribution in [2.24, 2.45) is 0 Å². The second kappa shape index (κ2) is 7.48. The van der Waals surface area contributed by atoms with Crippen molar-refractivity contribution >= 4 is 5.91 Å². The highest BCUT2D eigenvalue weighted by Crippen LogP contribution is 2.40. The van der Waals surface area contributed by atoms with Crippen molar-refractivity contribution < 1.29 is 22.7 Å². The third-order valence-corrected chi connectivity index (χ3v) is 6.42. The number of amides is 1. The maximum Gasteiger partial charge on any atom is 0.416 e. The lowest BCUT2D eigenvalue weighted by atomic mass is 9.96. The maximum absolute atomic E-state index is 13.4. The number of carbonyl (C=O) groups is 1. The topological polar surface area (TPSA) is 69.4 Å². The Hall–Kier alpha value is -3.56. The third kappa shape index (κ3) is 3.66. The predicted octanol–water partition coefficient (Wildman–Crippen LogP) is 3.60. The number of imidazole rings is 1. The number of ether oxygens (including phenoxy) is 1. The van der Waals surface area contributed by atoms with Crippen LogP contribution in [0.15, 0.2) is 47.7 Å². The van der Waals surface area contributed by atoms with Crippen molar-refractivity contribution in [2.75, 3.05) is 6.54 Å². The van der Waals surface area contributed by atoms with E-state index in [0.29, 0.717) is 23.5 Å². The second-order valence-electron chi connectivity index (χ2n) is 9.27. The SMILES string of the molecule is Cc1cn(-c2ccc3n(c2=O)CC(C)N(CC2(C)Cc4cc(C(F)(F)F)ccc4O2)C3=O)cn1. The number of hydrogen-bond donors (Lipinski definition) is 0. The fourth-order valence-corrected chi connectivity index (χ4v) is 4.77. The van der Waals surface area contributed by atoms with Gasteiger partial charge < -0.3 is 18.8 Å². The van der Waals surface area contributed by atoms with E-state index in [1.54, 1.807) is 41.0 Å². The van der Waals surface area contributed by atoms with E-state index >= 15 is 0 Å². The van der Waals surface area contributed by atoms with Gasteiger partial charge in [0.1, 0.15) is 22.7 Å². The largest absolute Gasteiger partial charge is 0.485 e. The van der Waals surface area contributed by atoms with E-state index in [2.05, 4.69) is 4.98 Å². The van der Waals surface area contributed by atoms with Crippen molar-refractivity contribution in [2.45, 2.75) is 51.6 Å². The Morgan fingerprint density at radius 3 is 2.65 bits per heavy atom. The van der Waals surface area contributed by atoms with Crippen LogP contribution >= 0.6 is 0 Å². The number of nitrogens with zero attached hydrogens (tertiary/aromatic N) is 4. The van der Waals surface area contributed by atoms with Crippen molar-refractivity contribution in [1.82, 2.24) is 19.0 Å². The van der Waals surface area contributed by atoms with Gasteiger partial charge >= 0.3 is 6.18 Å². The van der Waals surface area contributed by atoms with Gasteiger partial charge in [-0.05, 0) is 56.7 Å². The van der Waals surface area contributed by atoms with Gasteiger partial charge in [-0.2, -0.15) is 13.2 Å². The molecule has 1 amide bonds. The number of fused-ring (bicyclic) bond motifs is 2. The van der Waals surface area contributed by atoms with E-state index in [-0.39, 0.29) is 36.2 Å². The molecule has 0 fully saturated rings. The summed E-state index contributed by atoms with van der Waals surface area (Å²) in [4.78, 5) is 32.3. The van der Waals surface area contributed by atoms with Gasteiger partial charge in [0.2, 0.25) is 0 Å². The average molecular weight is 472 g/mol. The summed E-state index contributed by atoms with van der Waals surface area (Å²) in [6, 6.07) is 6.35. The minimum Gasteiger partial charge on any atom is -0.485 e. The quantitative estimate of drug-likeness (QED) is 0.584. The zero-order chi connectivity index (χ0) is 24.4. The normalized spacial score (nSPS) is 21.9. The fraction of sp³-hybridized carbons (Fsp3) is 0.375. The van der Waals surface area contributed by atoms with E-state index in [1.165, 1.54) is 10.6 Å². The van der Waals surface area contributed by atoms with Crippen LogP contribution in [0.2, 0.25) is 0 Å². The lowest BCUT2D eigenvalue weighted by molar-refractivity contribution is -0.137. The Balaban J connectivity index is 1.41. The number of hydrogen-bond acceptors (Lipinski definition) is 4. The average Bonchev–Trinajstić information content (AvgIpc) is 3.33. The molecule has 10 heteroatoms. The number of alkyl halides is 3. The maximum atomic E-state index is 13.4. The van der Waals surface area contributed by atoms with E-state index in [4.69, 9.17) is 4.74 Å². The van der Waals surface area contributed by atoms with E-state index in [9.17, 15) is 22.8 Å². The predicted molar refractivity (Wildman–Crippen MR) is 117 cm³/mol. The van der Waals surface area contributed by atoms with Crippen LogP contribution in [0.4, 0.5) is 13.2 Å². The molecule has 0 radical (unpaired) electrons. The highest BCUT2D eigenvalue weighted by atomic mass is 19.4. The number of aromatic nitrogens is 3. The van der Waals surface area contributed by atoms with Gasteiger partial charge in [-0.1, -0.05) is 0 Å². The summed E-state index contributed by atoms with van der Waals surface area (Å²) < 4.78 is 48.4. The summed E-state index contributed by atoms with van der Waals surface area (Å²) >= 11 is 0.